The molecule has 10 nitrogen and oxygen atoms in total. The summed E-state index contributed by atoms with van der Waals surface area (Å²) in [5, 5.41) is 17.1. The van der Waals surface area contributed by atoms with Crippen LogP contribution in [0.1, 0.15) is 35.7 Å². The maximum Gasteiger partial charge on any atom is 0.270 e. The van der Waals surface area contributed by atoms with Gasteiger partial charge in [0.05, 0.1) is 29.4 Å². The molecule has 5 rings (SSSR count). The van der Waals surface area contributed by atoms with Gasteiger partial charge in [-0.2, -0.15) is 0 Å². The second kappa shape index (κ2) is 11.2. The Hall–Kier alpha value is -4.35. The number of carbonyl (C=O) groups excluding carboxylic acids is 1. The molecule has 3 aromatic carbocycles. The Morgan fingerprint density at radius 2 is 1.90 bits per heavy atom. The summed E-state index contributed by atoms with van der Waals surface area (Å²) >= 11 is 5.40. The first kappa shape index (κ1) is 26.3. The van der Waals surface area contributed by atoms with Gasteiger partial charge in [-0.1, -0.05) is 26.0 Å². The fourth-order valence-corrected chi connectivity index (χ4v) is 4.60. The summed E-state index contributed by atoms with van der Waals surface area (Å²) in [7, 11) is 0. The van der Waals surface area contributed by atoms with Crippen LogP contribution in [0.3, 0.4) is 0 Å². The van der Waals surface area contributed by atoms with Crippen LogP contribution in [0.4, 0.5) is 17.1 Å². The van der Waals surface area contributed by atoms with E-state index in [0.717, 1.165) is 11.1 Å². The van der Waals surface area contributed by atoms with Crippen molar-refractivity contribution in [3.8, 4) is 11.5 Å². The number of nitro groups is 1. The highest BCUT2D eigenvalue weighted by Gasteiger charge is 2.23. The predicted octanol–water partition coefficient (Wildman–Crippen LogP) is 5.49. The van der Waals surface area contributed by atoms with Crippen molar-refractivity contribution in [2.75, 3.05) is 36.5 Å². The number of anilines is 2. The lowest BCUT2D eigenvalue weighted by Crippen LogP contribution is -2.39. The number of hydrogen-bond acceptors (Lipinski definition) is 8. The van der Waals surface area contributed by atoms with Crippen molar-refractivity contribution < 1.29 is 18.9 Å². The molecule has 1 aliphatic heterocycles. The van der Waals surface area contributed by atoms with E-state index in [2.05, 4.69) is 29.5 Å². The number of nitrogens with zero attached hydrogens (tertiary/aromatic N) is 3. The lowest BCUT2D eigenvalue weighted by Gasteiger charge is -2.30. The molecule has 0 spiro atoms. The predicted molar refractivity (Wildman–Crippen MR) is 153 cm³/mol. The minimum atomic E-state index is -0.547. The van der Waals surface area contributed by atoms with Crippen LogP contribution in [0.2, 0.25) is 0 Å². The minimum absolute atomic E-state index is 0.0516. The highest BCUT2D eigenvalue weighted by molar-refractivity contribution is 7.80. The third kappa shape index (κ3) is 5.89. The highest BCUT2D eigenvalue weighted by atomic mass is 32.1. The van der Waals surface area contributed by atoms with E-state index >= 15 is 0 Å². The number of nitrogens with one attached hydrogen (secondary N) is 2. The maximum atomic E-state index is 13.2. The Balaban J connectivity index is 1.33. The number of amides is 1. The Kier molecular flexibility index (Phi) is 7.53. The van der Waals surface area contributed by atoms with Gasteiger partial charge in [-0.25, -0.2) is 4.98 Å². The lowest BCUT2D eigenvalue weighted by atomic mass is 10.0. The Bertz CT molecular complexity index is 1560. The summed E-state index contributed by atoms with van der Waals surface area (Å²) < 4.78 is 11.4. The van der Waals surface area contributed by atoms with E-state index in [-0.39, 0.29) is 16.4 Å². The van der Waals surface area contributed by atoms with Gasteiger partial charge in [0.25, 0.3) is 11.6 Å². The van der Waals surface area contributed by atoms with Gasteiger partial charge in [-0.3, -0.25) is 20.2 Å². The van der Waals surface area contributed by atoms with E-state index in [9.17, 15) is 14.9 Å². The summed E-state index contributed by atoms with van der Waals surface area (Å²) in [5.74, 6) is 0.301. The van der Waals surface area contributed by atoms with E-state index in [1.54, 1.807) is 12.1 Å². The topological polar surface area (TPSA) is 123 Å². The number of fused-ring (bicyclic) bond motifs is 1. The number of morpholine rings is 1. The number of thiocarbonyl (C=S) groups is 1. The van der Waals surface area contributed by atoms with Gasteiger partial charge in [0.2, 0.25) is 5.89 Å². The minimum Gasteiger partial charge on any atom is -0.436 e. The zero-order chi connectivity index (χ0) is 27.5. The van der Waals surface area contributed by atoms with E-state index in [1.807, 2.05) is 41.3 Å². The van der Waals surface area contributed by atoms with Gasteiger partial charge in [0.1, 0.15) is 5.52 Å². The molecule has 0 radical (unpaired) electrons. The van der Waals surface area contributed by atoms with Gasteiger partial charge < -0.3 is 19.4 Å². The van der Waals surface area contributed by atoms with Gasteiger partial charge in [-0.05, 0) is 60.1 Å². The lowest BCUT2D eigenvalue weighted by molar-refractivity contribution is -0.384. The molecule has 0 bridgehead atoms. The first-order valence-corrected chi connectivity index (χ1v) is 12.9. The molecule has 11 heteroatoms. The summed E-state index contributed by atoms with van der Waals surface area (Å²) in [5.41, 5.74) is 4.59. The van der Waals surface area contributed by atoms with E-state index < -0.39 is 10.8 Å². The molecule has 1 aromatic heterocycles. The molecule has 4 aromatic rings. The number of nitro benzene ring substituents is 1. The second-order valence-electron chi connectivity index (χ2n) is 9.45. The SMILES string of the molecule is CC(C)c1ccc2oc(-c3cccc(NC(=S)NC(=O)c4cc([N+](=O)[O-])ccc4N4CCOCC4)c3)nc2c1. The summed E-state index contributed by atoms with van der Waals surface area (Å²) in [6.07, 6.45) is 0. The average molecular weight is 546 g/mol. The van der Waals surface area contributed by atoms with Crippen LogP contribution in [0, 0.1) is 10.1 Å². The normalized spacial score (nSPS) is 13.5. The largest absolute Gasteiger partial charge is 0.436 e. The quantitative estimate of drug-likeness (QED) is 0.184. The number of rotatable bonds is 6. The fourth-order valence-electron chi connectivity index (χ4n) is 4.39. The standard InChI is InChI=1S/C28H27N5O5S/c1-17(2)18-6-9-25-23(15-18)30-27(38-25)19-4-3-5-20(14-19)29-28(39)31-26(34)22-16-21(33(35)36)7-8-24(22)32-10-12-37-13-11-32/h3-9,14-17H,10-13H2,1-2H3,(H2,29,31,34,39). The molecule has 2 heterocycles. The van der Waals surface area contributed by atoms with Crippen molar-refractivity contribution in [3.63, 3.8) is 0 Å². The fraction of sp³-hybridized carbons (Fsp3) is 0.250. The van der Waals surface area contributed by atoms with Crippen molar-refractivity contribution >= 4 is 51.4 Å². The van der Waals surface area contributed by atoms with E-state index in [4.69, 9.17) is 21.4 Å². The van der Waals surface area contributed by atoms with Crippen LogP contribution in [-0.4, -0.2) is 47.2 Å². The summed E-state index contributed by atoms with van der Waals surface area (Å²) in [4.78, 5) is 30.7. The molecule has 0 aliphatic carbocycles. The van der Waals surface area contributed by atoms with Crippen LogP contribution < -0.4 is 15.5 Å². The molecule has 1 amide bonds. The van der Waals surface area contributed by atoms with Gasteiger partial charge in [0.15, 0.2) is 10.7 Å². The first-order chi connectivity index (χ1) is 18.8. The Labute approximate surface area is 230 Å². The van der Waals surface area contributed by atoms with E-state index in [1.165, 1.54) is 17.7 Å². The van der Waals surface area contributed by atoms with Crippen LogP contribution in [0.25, 0.3) is 22.6 Å². The number of non-ortho nitro benzene ring substituents is 1. The van der Waals surface area contributed by atoms with Crippen molar-refractivity contribution in [1.29, 1.82) is 0 Å². The van der Waals surface area contributed by atoms with Gasteiger partial charge >= 0.3 is 0 Å². The van der Waals surface area contributed by atoms with Gasteiger partial charge in [-0.15, -0.1) is 0 Å². The zero-order valence-corrected chi connectivity index (χ0v) is 22.3. The van der Waals surface area contributed by atoms with Crippen LogP contribution in [-0.2, 0) is 4.74 Å². The van der Waals surface area contributed by atoms with Crippen molar-refractivity contribution in [2.24, 2.45) is 0 Å². The zero-order valence-electron chi connectivity index (χ0n) is 21.5. The van der Waals surface area contributed by atoms with Crippen LogP contribution >= 0.6 is 12.2 Å². The molecule has 0 atom stereocenters. The Morgan fingerprint density at radius 3 is 2.64 bits per heavy atom. The van der Waals surface area contributed by atoms with Crippen molar-refractivity contribution in [2.45, 2.75) is 19.8 Å². The maximum absolute atomic E-state index is 13.2. The van der Waals surface area contributed by atoms with Crippen LogP contribution in [0.5, 0.6) is 0 Å². The number of benzene rings is 3. The molecular weight excluding hydrogens is 518 g/mol. The molecule has 0 saturated carbocycles. The van der Waals surface area contributed by atoms with Crippen molar-refractivity contribution in [1.82, 2.24) is 10.3 Å². The third-order valence-electron chi connectivity index (χ3n) is 6.46. The average Bonchev–Trinajstić information content (AvgIpc) is 3.37. The number of ether oxygens (including phenoxy) is 1. The smallest absolute Gasteiger partial charge is 0.270 e. The summed E-state index contributed by atoms with van der Waals surface area (Å²) in [6.45, 7) is 6.41. The number of carbonyl (C=O) groups is 1. The highest BCUT2D eigenvalue weighted by Crippen LogP contribution is 2.29. The molecule has 39 heavy (non-hydrogen) atoms. The first-order valence-electron chi connectivity index (χ1n) is 12.5. The molecule has 1 fully saturated rings. The molecule has 2 N–H and O–H groups in total. The molecule has 200 valence electrons. The third-order valence-corrected chi connectivity index (χ3v) is 6.66. The number of oxazole rings is 1. The monoisotopic (exact) mass is 545 g/mol. The van der Waals surface area contributed by atoms with Crippen molar-refractivity contribution in [3.05, 3.63) is 81.9 Å². The number of hydrogen-bond donors (Lipinski definition) is 2. The number of aromatic nitrogens is 1. The molecule has 0 unspecified atom stereocenters. The summed E-state index contributed by atoms with van der Waals surface area (Å²) in [6, 6.07) is 17.5. The molecular formula is C28H27N5O5S. The molecule has 1 aliphatic rings. The Morgan fingerprint density at radius 1 is 1.10 bits per heavy atom. The van der Waals surface area contributed by atoms with Crippen LogP contribution in [0.15, 0.2) is 65.1 Å². The van der Waals surface area contributed by atoms with Gasteiger partial charge in [0, 0.05) is 36.5 Å². The second-order valence-corrected chi connectivity index (χ2v) is 9.86. The van der Waals surface area contributed by atoms with E-state index in [0.29, 0.717) is 55.1 Å². The molecule has 1 saturated heterocycles.